The third kappa shape index (κ3) is 4.00. The number of benzene rings is 1. The minimum Gasteiger partial charge on any atom is -0.505 e. The average molecular weight is 479 g/mol. The molecule has 35 heavy (non-hydrogen) atoms. The predicted octanol–water partition coefficient (Wildman–Crippen LogP) is 2.84. The third-order valence-electron chi connectivity index (χ3n) is 6.74. The molecule has 0 radical (unpaired) electrons. The van der Waals surface area contributed by atoms with Crippen molar-refractivity contribution in [3.63, 3.8) is 0 Å². The number of carbonyl (C=O) groups excluding carboxylic acids is 2. The van der Waals surface area contributed by atoms with Gasteiger partial charge in [-0.25, -0.2) is 9.37 Å². The Balaban J connectivity index is 1.64. The van der Waals surface area contributed by atoms with Crippen molar-refractivity contribution >= 4 is 23.1 Å². The highest BCUT2D eigenvalue weighted by atomic mass is 19.1. The van der Waals surface area contributed by atoms with E-state index in [0.717, 1.165) is 5.56 Å². The van der Waals surface area contributed by atoms with Gasteiger partial charge in [0.2, 0.25) is 0 Å². The Morgan fingerprint density at radius 3 is 2.60 bits per heavy atom. The lowest BCUT2D eigenvalue weighted by molar-refractivity contribution is -0.140. The van der Waals surface area contributed by atoms with E-state index in [9.17, 15) is 14.7 Å². The maximum Gasteiger partial charge on any atom is 0.295 e. The molecule has 2 fully saturated rings. The van der Waals surface area contributed by atoms with Crippen LogP contribution in [-0.2, 0) is 14.3 Å². The number of aliphatic hydroxyl groups excluding tert-OH is 1. The van der Waals surface area contributed by atoms with Gasteiger partial charge in [0.05, 0.1) is 30.5 Å². The number of likely N-dealkylation sites (tertiary alicyclic amines) is 1. The van der Waals surface area contributed by atoms with E-state index in [0.29, 0.717) is 49.9 Å². The quantitative estimate of drug-likeness (QED) is 0.345. The number of amides is 1. The van der Waals surface area contributed by atoms with Gasteiger partial charge < -0.3 is 14.7 Å². The van der Waals surface area contributed by atoms with Crippen LogP contribution < -0.4 is 0 Å². The lowest BCUT2D eigenvalue weighted by atomic mass is 9.96. The molecule has 2 aliphatic heterocycles. The highest BCUT2D eigenvalue weighted by molar-refractivity contribution is 6.46. The van der Waals surface area contributed by atoms with Crippen molar-refractivity contribution in [1.29, 1.82) is 0 Å². The number of aromatic nitrogens is 2. The fourth-order valence-electron chi connectivity index (χ4n) is 4.93. The summed E-state index contributed by atoms with van der Waals surface area (Å²) in [6, 6.07) is 8.71. The van der Waals surface area contributed by atoms with Crippen LogP contribution >= 0.6 is 0 Å². The van der Waals surface area contributed by atoms with E-state index in [-0.39, 0.29) is 23.4 Å². The van der Waals surface area contributed by atoms with Crippen molar-refractivity contribution in [2.24, 2.45) is 0 Å². The second-order valence-electron chi connectivity index (χ2n) is 8.90. The van der Waals surface area contributed by atoms with Crippen molar-refractivity contribution in [2.75, 3.05) is 39.4 Å². The van der Waals surface area contributed by atoms with Gasteiger partial charge in [-0.2, -0.15) is 0 Å². The summed E-state index contributed by atoms with van der Waals surface area (Å²) in [7, 11) is 0. The Kier molecular flexibility index (Phi) is 6.12. The molecule has 0 spiro atoms. The van der Waals surface area contributed by atoms with E-state index < -0.39 is 23.5 Å². The number of rotatable bonds is 5. The highest BCUT2D eigenvalue weighted by Gasteiger charge is 2.47. The number of imidazole rings is 1. The summed E-state index contributed by atoms with van der Waals surface area (Å²) >= 11 is 0. The number of carbonyl (C=O) groups is 2. The van der Waals surface area contributed by atoms with E-state index in [1.54, 1.807) is 35.7 Å². The lowest BCUT2D eigenvalue weighted by Crippen LogP contribution is -2.42. The number of fused-ring (bicyclic) bond motifs is 1. The highest BCUT2D eigenvalue weighted by Crippen LogP contribution is 2.40. The molecule has 3 aromatic rings. The number of ketones is 1. The molecule has 0 unspecified atom stereocenters. The number of nitrogens with zero attached hydrogens (tertiary/aromatic N) is 4. The molecule has 8 nitrogen and oxygen atoms in total. The minimum atomic E-state index is -1.05. The van der Waals surface area contributed by atoms with Gasteiger partial charge in [0.25, 0.3) is 11.7 Å². The van der Waals surface area contributed by atoms with E-state index in [4.69, 9.17) is 4.74 Å². The standard InChI is InChI=1S/C26H27FN4O4/c1-16-6-5-9-30-21(17(2)28-25(16)30)23(32)20-22(18-7-3-4-8-19(18)27)31(26(34)24(20)33)11-10-29-12-14-35-15-13-29/h3-9,22,32H,10-15H2,1-2H3/b23-20+/t22-/m0/s1. The molecular weight excluding hydrogens is 451 g/mol. The Hall–Kier alpha value is -3.56. The molecule has 2 aliphatic rings. The summed E-state index contributed by atoms with van der Waals surface area (Å²) < 4.78 is 22.1. The largest absolute Gasteiger partial charge is 0.505 e. The van der Waals surface area contributed by atoms with Crippen LogP contribution in [0.25, 0.3) is 11.4 Å². The van der Waals surface area contributed by atoms with Gasteiger partial charge in [-0.1, -0.05) is 24.3 Å². The lowest BCUT2D eigenvalue weighted by Gasteiger charge is -2.31. The van der Waals surface area contributed by atoms with Gasteiger partial charge in [-0.3, -0.25) is 18.9 Å². The van der Waals surface area contributed by atoms with Gasteiger partial charge in [0, 0.05) is 37.9 Å². The average Bonchev–Trinajstić information content (AvgIpc) is 3.32. The van der Waals surface area contributed by atoms with Crippen LogP contribution in [0.2, 0.25) is 0 Å². The molecule has 0 bridgehead atoms. The van der Waals surface area contributed by atoms with Crippen LogP contribution in [0.5, 0.6) is 0 Å². The van der Waals surface area contributed by atoms with Crippen LogP contribution in [0.15, 0.2) is 48.2 Å². The zero-order valence-electron chi connectivity index (χ0n) is 19.7. The first-order chi connectivity index (χ1) is 16.9. The van der Waals surface area contributed by atoms with Crippen LogP contribution in [0.1, 0.15) is 28.6 Å². The molecule has 1 amide bonds. The number of Topliss-reactive ketones (excluding diaryl/α,β-unsaturated/α-hetero) is 1. The number of hydrogen-bond acceptors (Lipinski definition) is 6. The van der Waals surface area contributed by atoms with E-state index in [1.807, 2.05) is 19.1 Å². The van der Waals surface area contributed by atoms with Gasteiger partial charge in [0.15, 0.2) is 5.76 Å². The smallest absolute Gasteiger partial charge is 0.295 e. The maximum absolute atomic E-state index is 15.0. The molecule has 0 saturated carbocycles. The Morgan fingerprint density at radius 2 is 1.86 bits per heavy atom. The second-order valence-corrected chi connectivity index (χ2v) is 8.90. The molecule has 4 heterocycles. The zero-order chi connectivity index (χ0) is 24.7. The topological polar surface area (TPSA) is 87.4 Å². The van der Waals surface area contributed by atoms with Gasteiger partial charge >= 0.3 is 0 Å². The van der Waals surface area contributed by atoms with Gasteiger partial charge in [-0.05, 0) is 31.5 Å². The minimum absolute atomic E-state index is 0.131. The molecule has 1 N–H and O–H groups in total. The SMILES string of the molecule is Cc1nc2c(C)cccn2c1/C(O)=C1\C(=O)C(=O)N(CCN2CCOCC2)[C@H]1c1ccccc1F. The number of aryl methyl sites for hydroxylation is 2. The Labute approximate surface area is 202 Å². The first kappa shape index (κ1) is 23.2. The number of hydrogen-bond donors (Lipinski definition) is 1. The van der Waals surface area contributed by atoms with Crippen molar-refractivity contribution < 1.29 is 23.8 Å². The van der Waals surface area contributed by atoms with Crippen molar-refractivity contribution in [1.82, 2.24) is 19.2 Å². The molecule has 9 heteroatoms. The van der Waals surface area contributed by atoms with Crippen LogP contribution in [-0.4, -0.2) is 75.4 Å². The van der Waals surface area contributed by atoms with E-state index >= 15 is 4.39 Å². The molecule has 2 aromatic heterocycles. The van der Waals surface area contributed by atoms with Crippen LogP contribution in [0.4, 0.5) is 4.39 Å². The monoisotopic (exact) mass is 478 g/mol. The van der Waals surface area contributed by atoms with Crippen molar-refractivity contribution in [3.8, 4) is 0 Å². The molecule has 182 valence electrons. The summed E-state index contributed by atoms with van der Waals surface area (Å²) in [4.78, 5) is 34.6. The Bertz CT molecular complexity index is 1340. The molecule has 2 saturated heterocycles. The second kappa shape index (κ2) is 9.24. The number of aliphatic hydroxyl groups is 1. The number of morpholine rings is 1. The summed E-state index contributed by atoms with van der Waals surface area (Å²) in [5, 5.41) is 11.5. The normalized spacial score (nSPS) is 20.8. The van der Waals surface area contributed by atoms with E-state index in [1.165, 1.54) is 11.0 Å². The van der Waals surface area contributed by atoms with Crippen LogP contribution in [0, 0.1) is 19.7 Å². The van der Waals surface area contributed by atoms with Crippen molar-refractivity contribution in [2.45, 2.75) is 19.9 Å². The fourth-order valence-corrected chi connectivity index (χ4v) is 4.93. The predicted molar refractivity (Wildman–Crippen MR) is 127 cm³/mol. The molecule has 5 rings (SSSR count). The number of halogens is 1. The summed E-state index contributed by atoms with van der Waals surface area (Å²) in [5.74, 6) is -2.50. The Morgan fingerprint density at radius 1 is 1.11 bits per heavy atom. The van der Waals surface area contributed by atoms with Gasteiger partial charge in [-0.15, -0.1) is 0 Å². The van der Waals surface area contributed by atoms with Gasteiger partial charge in [0.1, 0.15) is 17.2 Å². The molecular formula is C26H27FN4O4. The molecule has 1 aromatic carbocycles. The molecule has 1 atom stereocenters. The third-order valence-corrected chi connectivity index (χ3v) is 6.74. The summed E-state index contributed by atoms with van der Waals surface area (Å²) in [6.45, 7) is 6.98. The summed E-state index contributed by atoms with van der Waals surface area (Å²) in [5.41, 5.74) is 2.38. The summed E-state index contributed by atoms with van der Waals surface area (Å²) in [6.07, 6.45) is 1.74. The van der Waals surface area contributed by atoms with E-state index in [2.05, 4.69) is 9.88 Å². The van der Waals surface area contributed by atoms with Crippen molar-refractivity contribution in [3.05, 3.63) is 76.5 Å². The van der Waals surface area contributed by atoms with Crippen LogP contribution in [0.3, 0.4) is 0 Å². The zero-order valence-corrected chi connectivity index (χ0v) is 19.7. The maximum atomic E-state index is 15.0. The number of pyridine rings is 1. The number of ether oxygens (including phenoxy) is 1. The fraction of sp³-hybridized carbons (Fsp3) is 0.346. The first-order valence-electron chi connectivity index (χ1n) is 11.7. The molecule has 0 aliphatic carbocycles. The first-order valence-corrected chi connectivity index (χ1v) is 11.7.